The van der Waals surface area contributed by atoms with Crippen molar-refractivity contribution in [1.82, 2.24) is 9.97 Å². The highest BCUT2D eigenvalue weighted by Gasteiger charge is 2.08. The van der Waals surface area contributed by atoms with Gasteiger partial charge in [0.25, 0.3) is 5.56 Å². The van der Waals surface area contributed by atoms with Gasteiger partial charge in [0, 0.05) is 5.56 Å². The molecule has 0 aliphatic rings. The molecule has 1 aromatic heterocycles. The van der Waals surface area contributed by atoms with Crippen LogP contribution in [0.1, 0.15) is 5.56 Å². The summed E-state index contributed by atoms with van der Waals surface area (Å²) in [6.45, 7) is 2.03. The Labute approximate surface area is 116 Å². The zero-order valence-corrected chi connectivity index (χ0v) is 11.3. The molecule has 0 unspecified atom stereocenters. The van der Waals surface area contributed by atoms with Crippen molar-refractivity contribution in [3.63, 3.8) is 0 Å². The summed E-state index contributed by atoms with van der Waals surface area (Å²) in [5, 5.41) is 0.577. The average molecular weight is 266 g/mol. The number of hydrogen-bond donors (Lipinski definition) is 1. The molecule has 20 heavy (non-hydrogen) atoms. The number of rotatable bonds is 2. The molecule has 2 aromatic carbocycles. The van der Waals surface area contributed by atoms with Gasteiger partial charge in [-0.3, -0.25) is 4.79 Å². The molecular weight excluding hydrogens is 252 g/mol. The fraction of sp³-hybridized carbons (Fsp3) is 0.125. The summed E-state index contributed by atoms with van der Waals surface area (Å²) in [5.74, 6) is 0.787. The lowest BCUT2D eigenvalue weighted by molar-refractivity contribution is 0.416. The number of hydrogen-bond acceptors (Lipinski definition) is 3. The van der Waals surface area contributed by atoms with Crippen molar-refractivity contribution >= 4 is 10.9 Å². The quantitative estimate of drug-likeness (QED) is 0.776. The summed E-state index contributed by atoms with van der Waals surface area (Å²) in [6, 6.07) is 11.6. The second kappa shape index (κ2) is 4.81. The molecule has 0 aliphatic heterocycles. The van der Waals surface area contributed by atoms with E-state index in [1.807, 2.05) is 43.3 Å². The highest BCUT2D eigenvalue weighted by atomic mass is 16.5. The molecule has 0 amide bonds. The molecule has 0 saturated heterocycles. The van der Waals surface area contributed by atoms with Gasteiger partial charge in [0.05, 0.1) is 24.3 Å². The number of H-pyrrole nitrogens is 1. The number of aromatic amines is 1. The maximum absolute atomic E-state index is 11.9. The van der Waals surface area contributed by atoms with E-state index in [0.29, 0.717) is 10.9 Å². The average Bonchev–Trinajstić information content (AvgIpc) is 2.47. The van der Waals surface area contributed by atoms with Crippen LogP contribution >= 0.6 is 0 Å². The highest BCUT2D eigenvalue weighted by molar-refractivity contribution is 5.85. The first kappa shape index (κ1) is 12.4. The molecule has 0 aliphatic carbocycles. The highest BCUT2D eigenvalue weighted by Crippen LogP contribution is 2.31. The Hall–Kier alpha value is -2.62. The molecule has 0 radical (unpaired) electrons. The van der Waals surface area contributed by atoms with Gasteiger partial charge in [0.15, 0.2) is 0 Å². The van der Waals surface area contributed by atoms with E-state index in [1.54, 1.807) is 7.11 Å². The summed E-state index contributed by atoms with van der Waals surface area (Å²) in [7, 11) is 1.64. The monoisotopic (exact) mass is 266 g/mol. The normalized spacial score (nSPS) is 10.7. The topological polar surface area (TPSA) is 55.0 Å². The van der Waals surface area contributed by atoms with Gasteiger partial charge in [0.2, 0.25) is 0 Å². The largest absolute Gasteiger partial charge is 0.496 e. The number of methoxy groups -OCH3 is 1. The summed E-state index contributed by atoms with van der Waals surface area (Å²) < 4.78 is 5.40. The van der Waals surface area contributed by atoms with Gasteiger partial charge in [-0.05, 0) is 36.8 Å². The van der Waals surface area contributed by atoms with Crippen molar-refractivity contribution in [2.45, 2.75) is 6.92 Å². The number of nitrogens with zero attached hydrogens (tertiary/aromatic N) is 1. The molecular formula is C16H14N2O2. The van der Waals surface area contributed by atoms with E-state index in [9.17, 15) is 4.79 Å². The second-order valence-corrected chi connectivity index (χ2v) is 4.67. The number of fused-ring (bicyclic) bond motifs is 1. The minimum absolute atomic E-state index is 0.136. The van der Waals surface area contributed by atoms with Crippen LogP contribution in [-0.4, -0.2) is 17.1 Å². The Morgan fingerprint density at radius 3 is 2.80 bits per heavy atom. The van der Waals surface area contributed by atoms with Crippen molar-refractivity contribution < 1.29 is 4.74 Å². The van der Waals surface area contributed by atoms with Crippen LogP contribution in [0.15, 0.2) is 47.5 Å². The first-order valence-electron chi connectivity index (χ1n) is 6.31. The zero-order valence-electron chi connectivity index (χ0n) is 11.3. The molecule has 0 bridgehead atoms. The van der Waals surface area contributed by atoms with Gasteiger partial charge in [-0.25, -0.2) is 4.98 Å². The lowest BCUT2D eigenvalue weighted by Crippen LogP contribution is -2.06. The number of aromatic nitrogens is 2. The molecule has 100 valence electrons. The predicted molar refractivity (Wildman–Crippen MR) is 79.1 cm³/mol. The third kappa shape index (κ3) is 2.05. The third-order valence-electron chi connectivity index (χ3n) is 3.31. The SMILES string of the molecule is COc1ccc(C)cc1-c1ccc2nc[nH]c(=O)c2c1. The molecule has 0 atom stereocenters. The molecule has 4 heteroatoms. The lowest BCUT2D eigenvalue weighted by atomic mass is 10.0. The van der Waals surface area contributed by atoms with Crippen molar-refractivity contribution in [3.05, 3.63) is 58.6 Å². The van der Waals surface area contributed by atoms with Gasteiger partial charge in [-0.15, -0.1) is 0 Å². The van der Waals surface area contributed by atoms with E-state index >= 15 is 0 Å². The Morgan fingerprint density at radius 2 is 2.00 bits per heavy atom. The van der Waals surface area contributed by atoms with Crippen LogP contribution in [-0.2, 0) is 0 Å². The number of nitrogens with one attached hydrogen (secondary N) is 1. The maximum atomic E-state index is 11.9. The Balaban J connectivity index is 2.27. The first-order valence-corrected chi connectivity index (χ1v) is 6.31. The van der Waals surface area contributed by atoms with Crippen LogP contribution in [0, 0.1) is 6.92 Å². The summed E-state index contributed by atoms with van der Waals surface area (Å²) in [5.41, 5.74) is 3.60. The lowest BCUT2D eigenvalue weighted by Gasteiger charge is -2.10. The van der Waals surface area contributed by atoms with E-state index in [0.717, 1.165) is 22.4 Å². The first-order chi connectivity index (χ1) is 9.69. The van der Waals surface area contributed by atoms with Gasteiger partial charge >= 0.3 is 0 Å². The van der Waals surface area contributed by atoms with Crippen LogP contribution in [0.2, 0.25) is 0 Å². The second-order valence-electron chi connectivity index (χ2n) is 4.67. The fourth-order valence-corrected chi connectivity index (χ4v) is 2.28. The number of ether oxygens (including phenoxy) is 1. The Kier molecular flexibility index (Phi) is 2.99. The standard InChI is InChI=1S/C16H14N2O2/c1-10-3-6-15(20-2)12(7-10)11-4-5-14-13(8-11)16(19)18-9-17-14/h3-9H,1-2H3,(H,17,18,19). The molecule has 1 heterocycles. The predicted octanol–water partition coefficient (Wildman–Crippen LogP) is 2.91. The molecule has 0 fully saturated rings. The summed E-state index contributed by atoms with van der Waals surface area (Å²) in [4.78, 5) is 18.6. The van der Waals surface area contributed by atoms with Gasteiger partial charge < -0.3 is 9.72 Å². The fourth-order valence-electron chi connectivity index (χ4n) is 2.28. The van der Waals surface area contributed by atoms with Crippen molar-refractivity contribution in [1.29, 1.82) is 0 Å². The molecule has 3 rings (SSSR count). The van der Waals surface area contributed by atoms with Gasteiger partial charge in [-0.1, -0.05) is 17.7 Å². The van der Waals surface area contributed by atoms with Crippen LogP contribution in [0.3, 0.4) is 0 Å². The smallest absolute Gasteiger partial charge is 0.258 e. The zero-order chi connectivity index (χ0) is 14.1. The molecule has 0 saturated carbocycles. The Morgan fingerprint density at radius 1 is 1.15 bits per heavy atom. The van der Waals surface area contributed by atoms with E-state index < -0.39 is 0 Å². The minimum atomic E-state index is -0.136. The van der Waals surface area contributed by atoms with Crippen molar-refractivity contribution in [2.24, 2.45) is 0 Å². The maximum Gasteiger partial charge on any atom is 0.258 e. The minimum Gasteiger partial charge on any atom is -0.496 e. The van der Waals surface area contributed by atoms with E-state index in [1.165, 1.54) is 6.33 Å². The summed E-state index contributed by atoms with van der Waals surface area (Å²) in [6.07, 6.45) is 1.41. The van der Waals surface area contributed by atoms with Gasteiger partial charge in [-0.2, -0.15) is 0 Å². The molecule has 3 aromatic rings. The van der Waals surface area contributed by atoms with Crippen LogP contribution in [0.25, 0.3) is 22.0 Å². The number of benzene rings is 2. The van der Waals surface area contributed by atoms with Crippen LogP contribution < -0.4 is 10.3 Å². The van der Waals surface area contributed by atoms with Crippen molar-refractivity contribution in [2.75, 3.05) is 7.11 Å². The van der Waals surface area contributed by atoms with Crippen LogP contribution in [0.5, 0.6) is 5.75 Å². The van der Waals surface area contributed by atoms with E-state index in [-0.39, 0.29) is 5.56 Å². The Bertz CT molecular complexity index is 837. The molecule has 0 spiro atoms. The van der Waals surface area contributed by atoms with Crippen molar-refractivity contribution in [3.8, 4) is 16.9 Å². The van der Waals surface area contributed by atoms with E-state index in [2.05, 4.69) is 9.97 Å². The van der Waals surface area contributed by atoms with E-state index in [4.69, 9.17) is 4.74 Å². The van der Waals surface area contributed by atoms with Crippen LogP contribution in [0.4, 0.5) is 0 Å². The number of aryl methyl sites for hydroxylation is 1. The van der Waals surface area contributed by atoms with Gasteiger partial charge in [0.1, 0.15) is 5.75 Å². The molecule has 4 nitrogen and oxygen atoms in total. The summed E-state index contributed by atoms with van der Waals surface area (Å²) >= 11 is 0. The molecule has 1 N–H and O–H groups in total. The third-order valence-corrected chi connectivity index (χ3v) is 3.31.